The Morgan fingerprint density at radius 2 is 1.52 bits per heavy atom. The van der Waals surface area contributed by atoms with E-state index in [0.717, 1.165) is 17.0 Å². The fraction of sp³-hybridized carbons (Fsp3) is 0.538. The zero-order chi connectivity index (χ0) is 24.5. The van der Waals surface area contributed by atoms with Crippen LogP contribution in [0.5, 0.6) is 0 Å². The van der Waals surface area contributed by atoms with Gasteiger partial charge in [-0.25, -0.2) is 0 Å². The number of amides is 4. The van der Waals surface area contributed by atoms with Gasteiger partial charge in [0, 0.05) is 42.8 Å². The Labute approximate surface area is 197 Å². The standard InChI is InChI=1S/C26H37N3O4/c1-17(2)16-20-7-9-21(10-8-20)27-26(33)19(5)6-11-22(18(3)4)28-23(30)14-15-29-24(31)12-13-25(29)32/h7-10,12-13,17-19,22H,6,11,14-16H2,1-5H3,(H,27,33)(H,28,30)/t19-,22-/m1/s1. The fourth-order valence-electron chi connectivity index (χ4n) is 3.74. The van der Waals surface area contributed by atoms with Crippen LogP contribution in [-0.4, -0.2) is 41.1 Å². The van der Waals surface area contributed by atoms with E-state index in [9.17, 15) is 19.2 Å². The van der Waals surface area contributed by atoms with Gasteiger partial charge in [0.05, 0.1) is 0 Å². The van der Waals surface area contributed by atoms with E-state index in [-0.39, 0.29) is 54.5 Å². The highest BCUT2D eigenvalue weighted by Gasteiger charge is 2.25. The van der Waals surface area contributed by atoms with Crippen LogP contribution in [0.25, 0.3) is 0 Å². The van der Waals surface area contributed by atoms with Crippen LogP contribution in [0, 0.1) is 17.8 Å². The summed E-state index contributed by atoms with van der Waals surface area (Å²) < 4.78 is 0. The van der Waals surface area contributed by atoms with Gasteiger partial charge in [0.1, 0.15) is 0 Å². The van der Waals surface area contributed by atoms with Crippen molar-refractivity contribution in [3.8, 4) is 0 Å². The minimum Gasteiger partial charge on any atom is -0.353 e. The van der Waals surface area contributed by atoms with Crippen molar-refractivity contribution in [3.63, 3.8) is 0 Å². The largest absolute Gasteiger partial charge is 0.353 e. The third-order valence-corrected chi connectivity index (χ3v) is 5.84. The minimum absolute atomic E-state index is 0.0426. The summed E-state index contributed by atoms with van der Waals surface area (Å²) in [6, 6.07) is 7.87. The van der Waals surface area contributed by atoms with Gasteiger partial charge in [-0.3, -0.25) is 24.1 Å². The van der Waals surface area contributed by atoms with Crippen molar-refractivity contribution in [2.45, 2.75) is 66.3 Å². The lowest BCUT2D eigenvalue weighted by molar-refractivity contribution is -0.137. The molecule has 0 spiro atoms. The lowest BCUT2D eigenvalue weighted by Crippen LogP contribution is -2.41. The Kier molecular flexibility index (Phi) is 9.82. The lowest BCUT2D eigenvalue weighted by Gasteiger charge is -2.24. The molecule has 1 aliphatic heterocycles. The summed E-state index contributed by atoms with van der Waals surface area (Å²) in [6.45, 7) is 10.3. The normalized spacial score (nSPS) is 15.3. The molecule has 0 aromatic heterocycles. The molecule has 0 saturated carbocycles. The molecule has 33 heavy (non-hydrogen) atoms. The van der Waals surface area contributed by atoms with Crippen molar-refractivity contribution < 1.29 is 19.2 Å². The van der Waals surface area contributed by atoms with Gasteiger partial charge in [0.25, 0.3) is 11.8 Å². The number of hydrogen-bond acceptors (Lipinski definition) is 4. The number of anilines is 1. The second kappa shape index (κ2) is 12.3. The third kappa shape index (κ3) is 8.48. The van der Waals surface area contributed by atoms with Gasteiger partial charge in [-0.1, -0.05) is 46.8 Å². The van der Waals surface area contributed by atoms with Gasteiger partial charge in [0.2, 0.25) is 11.8 Å². The molecule has 2 N–H and O–H groups in total. The number of imide groups is 1. The molecule has 2 atom stereocenters. The maximum atomic E-state index is 12.6. The molecule has 2 rings (SSSR count). The van der Waals surface area contributed by atoms with Crippen molar-refractivity contribution in [2.24, 2.45) is 17.8 Å². The van der Waals surface area contributed by atoms with E-state index in [1.54, 1.807) is 0 Å². The molecule has 7 nitrogen and oxygen atoms in total. The second-order valence-electron chi connectivity index (χ2n) is 9.59. The number of nitrogens with one attached hydrogen (secondary N) is 2. The summed E-state index contributed by atoms with van der Waals surface area (Å²) in [5, 5.41) is 5.97. The van der Waals surface area contributed by atoms with Gasteiger partial charge in [-0.05, 0) is 48.8 Å². The Morgan fingerprint density at radius 1 is 0.909 bits per heavy atom. The zero-order valence-electron chi connectivity index (χ0n) is 20.4. The highest BCUT2D eigenvalue weighted by atomic mass is 16.2. The van der Waals surface area contributed by atoms with Crippen molar-refractivity contribution in [2.75, 3.05) is 11.9 Å². The van der Waals surface area contributed by atoms with E-state index >= 15 is 0 Å². The third-order valence-electron chi connectivity index (χ3n) is 5.84. The molecule has 0 saturated heterocycles. The summed E-state index contributed by atoms with van der Waals surface area (Å²) in [6.07, 6.45) is 4.79. The molecule has 1 aromatic rings. The molecule has 0 unspecified atom stereocenters. The number of rotatable bonds is 12. The zero-order valence-corrected chi connectivity index (χ0v) is 20.4. The molecule has 180 valence electrons. The summed E-state index contributed by atoms with van der Waals surface area (Å²) in [4.78, 5) is 49.3. The van der Waals surface area contributed by atoms with Crippen LogP contribution in [0.1, 0.15) is 59.4 Å². The molecule has 1 aromatic carbocycles. The van der Waals surface area contributed by atoms with Gasteiger partial charge in [-0.2, -0.15) is 0 Å². The number of nitrogens with zero attached hydrogens (tertiary/aromatic N) is 1. The molecular weight excluding hydrogens is 418 g/mol. The molecule has 7 heteroatoms. The molecule has 0 fully saturated rings. The summed E-state index contributed by atoms with van der Waals surface area (Å²) in [5.41, 5.74) is 2.04. The monoisotopic (exact) mass is 455 g/mol. The average molecular weight is 456 g/mol. The first-order valence-electron chi connectivity index (χ1n) is 11.8. The van der Waals surface area contributed by atoms with E-state index in [1.807, 2.05) is 45.0 Å². The second-order valence-corrected chi connectivity index (χ2v) is 9.59. The lowest BCUT2D eigenvalue weighted by atomic mass is 9.94. The number of carbonyl (C=O) groups excluding carboxylic acids is 4. The van der Waals surface area contributed by atoms with Crippen LogP contribution < -0.4 is 10.6 Å². The van der Waals surface area contributed by atoms with Crippen LogP contribution in [0.15, 0.2) is 36.4 Å². The topological polar surface area (TPSA) is 95.6 Å². The van der Waals surface area contributed by atoms with Gasteiger partial charge in [-0.15, -0.1) is 0 Å². The molecule has 4 amide bonds. The van der Waals surface area contributed by atoms with E-state index in [1.165, 1.54) is 17.7 Å². The maximum Gasteiger partial charge on any atom is 0.253 e. The van der Waals surface area contributed by atoms with Crippen LogP contribution in [0.2, 0.25) is 0 Å². The molecule has 0 radical (unpaired) electrons. The highest BCUT2D eigenvalue weighted by Crippen LogP contribution is 2.18. The molecule has 0 bridgehead atoms. The minimum atomic E-state index is -0.386. The molecule has 0 aliphatic carbocycles. The van der Waals surface area contributed by atoms with Crippen molar-refractivity contribution in [3.05, 3.63) is 42.0 Å². The summed E-state index contributed by atoms with van der Waals surface area (Å²) >= 11 is 0. The molecule has 1 heterocycles. The first-order valence-corrected chi connectivity index (χ1v) is 11.8. The Balaban J connectivity index is 1.79. The van der Waals surface area contributed by atoms with Crippen LogP contribution in [-0.2, 0) is 25.6 Å². The SMILES string of the molecule is CC(C)Cc1ccc(NC(=O)[C@H](C)CC[C@@H](NC(=O)CCN2C(=O)C=CC2=O)C(C)C)cc1. The number of hydrogen-bond donors (Lipinski definition) is 2. The smallest absolute Gasteiger partial charge is 0.253 e. The van der Waals surface area contributed by atoms with Crippen molar-refractivity contribution >= 4 is 29.3 Å². The number of benzene rings is 1. The average Bonchev–Trinajstić information content (AvgIpc) is 3.07. The van der Waals surface area contributed by atoms with Crippen LogP contribution in [0.4, 0.5) is 5.69 Å². The Bertz CT molecular complexity index is 856. The van der Waals surface area contributed by atoms with Crippen LogP contribution >= 0.6 is 0 Å². The van der Waals surface area contributed by atoms with E-state index in [0.29, 0.717) is 18.8 Å². The van der Waals surface area contributed by atoms with E-state index < -0.39 is 0 Å². The maximum absolute atomic E-state index is 12.6. The van der Waals surface area contributed by atoms with Crippen molar-refractivity contribution in [1.29, 1.82) is 0 Å². The predicted molar refractivity (Wildman–Crippen MR) is 129 cm³/mol. The van der Waals surface area contributed by atoms with Gasteiger partial charge < -0.3 is 10.6 Å². The molecular formula is C26H37N3O4. The van der Waals surface area contributed by atoms with Crippen molar-refractivity contribution in [1.82, 2.24) is 10.2 Å². The predicted octanol–water partition coefficient (Wildman–Crippen LogP) is 3.70. The first-order chi connectivity index (χ1) is 15.6. The Morgan fingerprint density at radius 3 is 2.06 bits per heavy atom. The van der Waals surface area contributed by atoms with Gasteiger partial charge in [0.15, 0.2) is 0 Å². The summed E-state index contributed by atoms with van der Waals surface area (Å²) in [7, 11) is 0. The van der Waals surface area contributed by atoms with Crippen LogP contribution in [0.3, 0.4) is 0 Å². The number of carbonyl (C=O) groups is 4. The quantitative estimate of drug-likeness (QED) is 0.470. The van der Waals surface area contributed by atoms with Gasteiger partial charge >= 0.3 is 0 Å². The van der Waals surface area contributed by atoms with E-state index in [4.69, 9.17) is 0 Å². The highest BCUT2D eigenvalue weighted by molar-refractivity contribution is 6.13. The van der Waals surface area contributed by atoms with E-state index in [2.05, 4.69) is 24.5 Å². The molecule has 1 aliphatic rings. The summed E-state index contributed by atoms with van der Waals surface area (Å²) in [5.74, 6) is -0.454. The first kappa shape index (κ1) is 26.3. The fourth-order valence-corrected chi connectivity index (χ4v) is 3.74. The Hall–Kier alpha value is -2.96.